The van der Waals surface area contributed by atoms with Gasteiger partial charge in [-0.3, -0.25) is 0 Å². The van der Waals surface area contributed by atoms with Crippen molar-refractivity contribution in [2.24, 2.45) is 0 Å². The highest BCUT2D eigenvalue weighted by atomic mass is 32.2. The molecule has 0 aliphatic rings. The molecule has 6 nitrogen and oxygen atoms in total. The number of methoxy groups -OCH3 is 1. The predicted octanol–water partition coefficient (Wildman–Crippen LogP) is 1.99. The number of aromatic hydroxyl groups is 1. The molecule has 0 aliphatic carbocycles. The Morgan fingerprint density at radius 1 is 1.33 bits per heavy atom. The Labute approximate surface area is 125 Å². The summed E-state index contributed by atoms with van der Waals surface area (Å²) in [6.07, 6.45) is 2.72. The fourth-order valence-corrected chi connectivity index (χ4v) is 3.07. The minimum Gasteiger partial charge on any atom is -0.507 e. The normalized spacial score (nSPS) is 11.6. The Bertz CT molecular complexity index is 597. The molecule has 21 heavy (non-hydrogen) atoms. The lowest BCUT2D eigenvalue weighted by atomic mass is 10.2. The molecule has 1 rings (SSSR count). The average Bonchev–Trinajstić information content (AvgIpc) is 2.46. The Kier molecular flexibility index (Phi) is 6.17. The molecule has 0 atom stereocenters. The standard InChI is InChI=1S/C14H21NO5S/c1-4-5-6-9-15(2)21(18,19)11-7-8-13(16)12(10-11)14(17)20-3/h7-8,10,16H,4-6,9H2,1-3H3. The third-order valence-corrected chi connectivity index (χ3v) is 5.01. The predicted molar refractivity (Wildman–Crippen MR) is 78.8 cm³/mol. The van der Waals surface area contributed by atoms with Crippen LogP contribution < -0.4 is 0 Å². The summed E-state index contributed by atoms with van der Waals surface area (Å²) in [6.45, 7) is 2.45. The zero-order chi connectivity index (χ0) is 16.0. The summed E-state index contributed by atoms with van der Waals surface area (Å²) in [4.78, 5) is 11.5. The number of phenols is 1. The van der Waals surface area contributed by atoms with Gasteiger partial charge in [-0.1, -0.05) is 19.8 Å². The number of phenolic OH excluding ortho intramolecular Hbond substituents is 1. The maximum atomic E-state index is 12.4. The van der Waals surface area contributed by atoms with E-state index in [0.717, 1.165) is 25.3 Å². The Balaban J connectivity index is 3.06. The molecule has 0 saturated carbocycles. The highest BCUT2D eigenvalue weighted by Crippen LogP contribution is 2.24. The summed E-state index contributed by atoms with van der Waals surface area (Å²) in [5.74, 6) is -1.09. The van der Waals surface area contributed by atoms with Gasteiger partial charge in [0.05, 0.1) is 12.0 Å². The van der Waals surface area contributed by atoms with Gasteiger partial charge >= 0.3 is 5.97 Å². The van der Waals surface area contributed by atoms with Gasteiger partial charge in [-0.2, -0.15) is 0 Å². The molecule has 1 N–H and O–H groups in total. The van der Waals surface area contributed by atoms with Crippen LogP contribution in [-0.2, 0) is 14.8 Å². The number of unbranched alkanes of at least 4 members (excludes halogenated alkanes) is 2. The maximum absolute atomic E-state index is 12.4. The van der Waals surface area contributed by atoms with Crippen LogP contribution in [-0.4, -0.2) is 44.5 Å². The summed E-state index contributed by atoms with van der Waals surface area (Å²) in [5, 5.41) is 9.60. The van der Waals surface area contributed by atoms with Gasteiger partial charge in [0.15, 0.2) is 0 Å². The van der Waals surface area contributed by atoms with Crippen LogP contribution in [0.25, 0.3) is 0 Å². The first-order valence-corrected chi connectivity index (χ1v) is 8.16. The molecule has 0 heterocycles. The second kappa shape index (κ2) is 7.42. The Morgan fingerprint density at radius 2 is 2.00 bits per heavy atom. The topological polar surface area (TPSA) is 83.9 Å². The van der Waals surface area contributed by atoms with Crippen molar-refractivity contribution in [2.45, 2.75) is 31.1 Å². The van der Waals surface area contributed by atoms with E-state index in [9.17, 15) is 18.3 Å². The molecule has 1 aromatic carbocycles. The molecule has 0 unspecified atom stereocenters. The molecule has 0 saturated heterocycles. The summed E-state index contributed by atoms with van der Waals surface area (Å²) >= 11 is 0. The van der Waals surface area contributed by atoms with Crippen LogP contribution >= 0.6 is 0 Å². The first kappa shape index (κ1) is 17.5. The number of hydrogen-bond acceptors (Lipinski definition) is 5. The molecule has 0 aliphatic heterocycles. The largest absolute Gasteiger partial charge is 0.507 e. The number of esters is 1. The van der Waals surface area contributed by atoms with Crippen molar-refractivity contribution in [3.05, 3.63) is 23.8 Å². The second-order valence-corrected chi connectivity index (χ2v) is 6.75. The van der Waals surface area contributed by atoms with Gasteiger partial charge in [0, 0.05) is 13.6 Å². The molecule has 0 spiro atoms. The third kappa shape index (κ3) is 4.18. The van der Waals surface area contributed by atoms with Crippen LogP contribution in [0.4, 0.5) is 0 Å². The molecule has 0 aromatic heterocycles. The van der Waals surface area contributed by atoms with Crippen LogP contribution in [0.3, 0.4) is 0 Å². The minimum absolute atomic E-state index is 0.0419. The van der Waals surface area contributed by atoms with E-state index in [1.807, 2.05) is 6.92 Å². The van der Waals surface area contributed by atoms with E-state index in [-0.39, 0.29) is 16.2 Å². The molecule has 0 radical (unpaired) electrons. The van der Waals surface area contributed by atoms with Crippen molar-refractivity contribution in [2.75, 3.05) is 20.7 Å². The van der Waals surface area contributed by atoms with Gasteiger partial charge in [0.25, 0.3) is 0 Å². The van der Waals surface area contributed by atoms with Crippen molar-refractivity contribution in [1.29, 1.82) is 0 Å². The average molecular weight is 315 g/mol. The van der Waals surface area contributed by atoms with Crippen molar-refractivity contribution in [1.82, 2.24) is 4.31 Å². The summed E-state index contributed by atoms with van der Waals surface area (Å²) in [7, 11) is -1.02. The molecule has 1 aromatic rings. The fourth-order valence-electron chi connectivity index (χ4n) is 1.83. The van der Waals surface area contributed by atoms with E-state index in [0.29, 0.717) is 6.54 Å². The molecule has 0 fully saturated rings. The molecular weight excluding hydrogens is 294 g/mol. The SMILES string of the molecule is CCCCCN(C)S(=O)(=O)c1ccc(O)c(C(=O)OC)c1. The van der Waals surface area contributed by atoms with Gasteiger partial charge in [0.2, 0.25) is 10.0 Å². The van der Waals surface area contributed by atoms with Crippen molar-refractivity contribution in [3.63, 3.8) is 0 Å². The lowest BCUT2D eigenvalue weighted by Gasteiger charge is -2.17. The number of benzene rings is 1. The van der Waals surface area contributed by atoms with Gasteiger partial charge in [-0.05, 0) is 24.6 Å². The van der Waals surface area contributed by atoms with E-state index in [1.54, 1.807) is 0 Å². The fraction of sp³-hybridized carbons (Fsp3) is 0.500. The molecule has 0 bridgehead atoms. The quantitative estimate of drug-likeness (QED) is 0.614. The molecular formula is C14H21NO5S. The summed E-state index contributed by atoms with van der Waals surface area (Å²) in [6, 6.07) is 3.58. The monoisotopic (exact) mass is 315 g/mol. The first-order chi connectivity index (χ1) is 9.84. The zero-order valence-corrected chi connectivity index (χ0v) is 13.3. The van der Waals surface area contributed by atoms with Crippen LogP contribution in [0.15, 0.2) is 23.1 Å². The van der Waals surface area contributed by atoms with Crippen LogP contribution in [0.1, 0.15) is 36.5 Å². The van der Waals surface area contributed by atoms with Crippen LogP contribution in [0.5, 0.6) is 5.75 Å². The summed E-state index contributed by atoms with van der Waals surface area (Å²) < 4.78 is 30.5. The highest BCUT2D eigenvalue weighted by molar-refractivity contribution is 7.89. The van der Waals surface area contributed by atoms with Gasteiger partial charge in [0.1, 0.15) is 11.3 Å². The van der Waals surface area contributed by atoms with E-state index in [2.05, 4.69) is 4.74 Å². The molecule has 118 valence electrons. The first-order valence-electron chi connectivity index (χ1n) is 6.72. The van der Waals surface area contributed by atoms with E-state index < -0.39 is 16.0 Å². The number of carbonyl (C=O) groups is 1. The maximum Gasteiger partial charge on any atom is 0.341 e. The number of carbonyl (C=O) groups excluding carboxylic acids is 1. The Morgan fingerprint density at radius 3 is 2.57 bits per heavy atom. The second-order valence-electron chi connectivity index (χ2n) is 4.70. The highest BCUT2D eigenvalue weighted by Gasteiger charge is 2.23. The number of ether oxygens (including phenoxy) is 1. The minimum atomic E-state index is -3.69. The van der Waals surface area contributed by atoms with Crippen LogP contribution in [0, 0.1) is 0 Å². The zero-order valence-electron chi connectivity index (χ0n) is 12.5. The van der Waals surface area contributed by atoms with E-state index in [4.69, 9.17) is 0 Å². The third-order valence-electron chi connectivity index (χ3n) is 3.16. The van der Waals surface area contributed by atoms with Crippen molar-refractivity contribution >= 4 is 16.0 Å². The van der Waals surface area contributed by atoms with Gasteiger partial charge in [-0.25, -0.2) is 17.5 Å². The lowest BCUT2D eigenvalue weighted by molar-refractivity contribution is 0.0597. The molecule has 7 heteroatoms. The lowest BCUT2D eigenvalue weighted by Crippen LogP contribution is -2.28. The smallest absolute Gasteiger partial charge is 0.341 e. The van der Waals surface area contributed by atoms with Gasteiger partial charge in [-0.15, -0.1) is 0 Å². The summed E-state index contributed by atoms with van der Waals surface area (Å²) in [5.41, 5.74) is -0.166. The number of hydrogen-bond donors (Lipinski definition) is 1. The van der Waals surface area contributed by atoms with Crippen molar-refractivity contribution in [3.8, 4) is 5.75 Å². The van der Waals surface area contributed by atoms with Gasteiger partial charge < -0.3 is 9.84 Å². The van der Waals surface area contributed by atoms with Crippen LogP contribution in [0.2, 0.25) is 0 Å². The van der Waals surface area contributed by atoms with Crippen molar-refractivity contribution < 1.29 is 23.1 Å². The number of nitrogens with zero attached hydrogens (tertiary/aromatic N) is 1. The number of rotatable bonds is 7. The Hall–Kier alpha value is -1.60. The van der Waals surface area contributed by atoms with E-state index >= 15 is 0 Å². The number of sulfonamides is 1. The van der Waals surface area contributed by atoms with E-state index in [1.165, 1.54) is 30.6 Å². The molecule has 0 amide bonds.